The van der Waals surface area contributed by atoms with Gasteiger partial charge in [-0.1, -0.05) is 0 Å². The Bertz CT molecular complexity index is 603. The Morgan fingerprint density at radius 2 is 2.24 bits per heavy atom. The van der Waals surface area contributed by atoms with Crippen molar-refractivity contribution in [2.24, 2.45) is 0 Å². The predicted molar refractivity (Wildman–Crippen MR) is 92.1 cm³/mol. The smallest absolute Gasteiger partial charge is 0.129 e. The maximum Gasteiger partial charge on any atom is 0.129 e. The van der Waals surface area contributed by atoms with Crippen LogP contribution in [0.3, 0.4) is 0 Å². The fourth-order valence-electron chi connectivity index (χ4n) is 3.11. The summed E-state index contributed by atoms with van der Waals surface area (Å²) < 4.78 is 22.2. The number of rotatable bonds is 10. The molecule has 6 heteroatoms. The van der Waals surface area contributed by atoms with Crippen molar-refractivity contribution >= 4 is 0 Å². The van der Waals surface area contributed by atoms with Gasteiger partial charge in [0.1, 0.15) is 23.9 Å². The van der Waals surface area contributed by atoms with E-state index in [0.29, 0.717) is 19.7 Å². The lowest BCUT2D eigenvalue weighted by atomic mass is 10.2. The molecule has 138 valence electrons. The number of aryl methyl sites for hydroxylation is 1. The van der Waals surface area contributed by atoms with E-state index in [1.54, 1.807) is 6.26 Å². The molecule has 1 saturated heterocycles. The second-order valence-electron chi connectivity index (χ2n) is 6.59. The number of nitrogens with zero attached hydrogens (tertiary/aromatic N) is 1. The maximum absolute atomic E-state index is 10.3. The molecule has 1 fully saturated rings. The second-order valence-corrected chi connectivity index (χ2v) is 6.59. The highest BCUT2D eigenvalue weighted by Crippen LogP contribution is 2.16. The molecule has 2 aromatic heterocycles. The van der Waals surface area contributed by atoms with E-state index in [1.165, 1.54) is 0 Å². The molecule has 6 nitrogen and oxygen atoms in total. The molecule has 2 atom stereocenters. The van der Waals surface area contributed by atoms with Crippen LogP contribution in [0.1, 0.15) is 30.1 Å². The number of aliphatic hydroxyl groups is 1. The Morgan fingerprint density at radius 1 is 1.32 bits per heavy atom. The lowest BCUT2D eigenvalue weighted by molar-refractivity contribution is -0.00757. The van der Waals surface area contributed by atoms with Crippen LogP contribution >= 0.6 is 0 Å². The zero-order valence-corrected chi connectivity index (χ0v) is 14.7. The minimum atomic E-state index is -0.576. The van der Waals surface area contributed by atoms with Crippen LogP contribution in [0.2, 0.25) is 0 Å². The number of aliphatic hydroxyl groups excluding tert-OH is 1. The van der Waals surface area contributed by atoms with Gasteiger partial charge in [-0.05, 0) is 44.0 Å². The van der Waals surface area contributed by atoms with Crippen molar-refractivity contribution in [1.29, 1.82) is 0 Å². The molecule has 1 N–H and O–H groups in total. The van der Waals surface area contributed by atoms with Crippen LogP contribution in [-0.2, 0) is 22.6 Å². The summed E-state index contributed by atoms with van der Waals surface area (Å²) >= 11 is 0. The normalized spacial score (nSPS) is 18.9. The minimum Gasteiger partial charge on any atom is -0.467 e. The number of ether oxygens (including phenoxy) is 2. The van der Waals surface area contributed by atoms with Gasteiger partial charge in [-0.15, -0.1) is 0 Å². The lowest BCUT2D eigenvalue weighted by Crippen LogP contribution is -2.39. The van der Waals surface area contributed by atoms with Gasteiger partial charge < -0.3 is 23.4 Å². The summed E-state index contributed by atoms with van der Waals surface area (Å²) in [7, 11) is 0. The molecule has 2 unspecified atom stereocenters. The van der Waals surface area contributed by atoms with E-state index in [0.717, 1.165) is 43.3 Å². The molecule has 25 heavy (non-hydrogen) atoms. The second kappa shape index (κ2) is 9.20. The SMILES string of the molecule is Cc1ccc(CN(CC(O)COCc2ccco2)CC2CCCO2)o1. The number of hydrogen-bond donors (Lipinski definition) is 1. The van der Waals surface area contributed by atoms with Crippen molar-refractivity contribution in [3.63, 3.8) is 0 Å². The molecular formula is C19H27NO5. The summed E-state index contributed by atoms with van der Waals surface area (Å²) in [5.74, 6) is 2.56. The zero-order chi connectivity index (χ0) is 17.5. The van der Waals surface area contributed by atoms with Crippen LogP contribution in [0.15, 0.2) is 39.4 Å². The van der Waals surface area contributed by atoms with E-state index in [1.807, 2.05) is 31.2 Å². The maximum atomic E-state index is 10.3. The predicted octanol–water partition coefficient (Wildman–Crippen LogP) is 2.74. The standard InChI is InChI=1S/C19H27NO5/c1-15-6-7-18(25-15)12-20(11-17-4-2-8-23-17)10-16(21)13-22-14-19-5-3-9-24-19/h3,5-7,9,16-17,21H,2,4,8,10-14H2,1H3. The van der Waals surface area contributed by atoms with Gasteiger partial charge in [0.2, 0.25) is 0 Å². The quantitative estimate of drug-likeness (QED) is 0.711. The van der Waals surface area contributed by atoms with Crippen LogP contribution in [-0.4, -0.2) is 48.5 Å². The first-order chi connectivity index (χ1) is 12.2. The molecule has 0 spiro atoms. The third-order valence-corrected chi connectivity index (χ3v) is 4.26. The average Bonchev–Trinajstić information content (AvgIpc) is 3.31. The van der Waals surface area contributed by atoms with Gasteiger partial charge >= 0.3 is 0 Å². The minimum absolute atomic E-state index is 0.229. The number of furan rings is 2. The Kier molecular flexibility index (Phi) is 6.69. The Labute approximate surface area is 148 Å². The van der Waals surface area contributed by atoms with Crippen LogP contribution in [0.5, 0.6) is 0 Å². The van der Waals surface area contributed by atoms with Crippen LogP contribution in [0.4, 0.5) is 0 Å². The summed E-state index contributed by atoms with van der Waals surface area (Å²) in [6.07, 6.45) is 3.44. The zero-order valence-electron chi connectivity index (χ0n) is 14.7. The summed E-state index contributed by atoms with van der Waals surface area (Å²) in [6, 6.07) is 7.62. The van der Waals surface area contributed by atoms with E-state index in [-0.39, 0.29) is 12.7 Å². The van der Waals surface area contributed by atoms with Crippen LogP contribution in [0, 0.1) is 6.92 Å². The molecule has 0 radical (unpaired) electrons. The van der Waals surface area contributed by atoms with Crippen LogP contribution in [0.25, 0.3) is 0 Å². The monoisotopic (exact) mass is 349 g/mol. The van der Waals surface area contributed by atoms with Crippen molar-refractivity contribution in [2.75, 3.05) is 26.3 Å². The topological polar surface area (TPSA) is 68.2 Å². The fraction of sp³-hybridized carbons (Fsp3) is 0.579. The van der Waals surface area contributed by atoms with Gasteiger partial charge in [-0.2, -0.15) is 0 Å². The van der Waals surface area contributed by atoms with E-state index in [2.05, 4.69) is 4.90 Å². The highest BCUT2D eigenvalue weighted by Gasteiger charge is 2.22. The molecule has 2 aromatic rings. The Morgan fingerprint density at radius 3 is 2.92 bits per heavy atom. The summed E-state index contributed by atoms with van der Waals surface area (Å²) in [4.78, 5) is 2.18. The average molecular weight is 349 g/mol. The molecule has 0 bridgehead atoms. The van der Waals surface area contributed by atoms with Gasteiger partial charge in [0.25, 0.3) is 0 Å². The van der Waals surface area contributed by atoms with Gasteiger partial charge in [-0.3, -0.25) is 4.90 Å². The fourth-order valence-corrected chi connectivity index (χ4v) is 3.11. The third kappa shape index (κ3) is 6.01. The first-order valence-electron chi connectivity index (χ1n) is 8.86. The molecule has 3 rings (SSSR count). The lowest BCUT2D eigenvalue weighted by Gasteiger charge is -2.26. The molecule has 0 amide bonds. The molecule has 1 aliphatic heterocycles. The molecule has 0 aliphatic carbocycles. The van der Waals surface area contributed by atoms with Crippen molar-refractivity contribution in [2.45, 2.75) is 45.1 Å². The highest BCUT2D eigenvalue weighted by atomic mass is 16.5. The van der Waals surface area contributed by atoms with Gasteiger partial charge in [-0.25, -0.2) is 0 Å². The summed E-state index contributed by atoms with van der Waals surface area (Å²) in [5, 5.41) is 10.3. The third-order valence-electron chi connectivity index (χ3n) is 4.26. The first kappa shape index (κ1) is 18.2. The highest BCUT2D eigenvalue weighted by molar-refractivity contribution is 5.05. The number of hydrogen-bond acceptors (Lipinski definition) is 6. The van der Waals surface area contributed by atoms with Crippen molar-refractivity contribution < 1.29 is 23.4 Å². The van der Waals surface area contributed by atoms with Gasteiger partial charge in [0.15, 0.2) is 0 Å². The van der Waals surface area contributed by atoms with Gasteiger partial charge in [0, 0.05) is 19.7 Å². The van der Waals surface area contributed by atoms with E-state index >= 15 is 0 Å². The van der Waals surface area contributed by atoms with E-state index < -0.39 is 6.10 Å². The largest absolute Gasteiger partial charge is 0.467 e. The van der Waals surface area contributed by atoms with Crippen molar-refractivity contribution in [3.05, 3.63) is 47.8 Å². The Balaban J connectivity index is 1.48. The molecular weight excluding hydrogens is 322 g/mol. The van der Waals surface area contributed by atoms with Gasteiger partial charge in [0.05, 0.1) is 31.6 Å². The van der Waals surface area contributed by atoms with E-state index in [9.17, 15) is 5.11 Å². The molecule has 0 aromatic carbocycles. The van der Waals surface area contributed by atoms with Crippen molar-refractivity contribution in [3.8, 4) is 0 Å². The molecule has 3 heterocycles. The van der Waals surface area contributed by atoms with Crippen molar-refractivity contribution in [1.82, 2.24) is 4.90 Å². The Hall–Kier alpha value is -1.60. The first-order valence-corrected chi connectivity index (χ1v) is 8.86. The molecule has 1 aliphatic rings. The van der Waals surface area contributed by atoms with Crippen LogP contribution < -0.4 is 0 Å². The van der Waals surface area contributed by atoms with E-state index in [4.69, 9.17) is 18.3 Å². The summed E-state index contributed by atoms with van der Waals surface area (Å²) in [6.45, 7) is 5.35. The summed E-state index contributed by atoms with van der Waals surface area (Å²) in [5.41, 5.74) is 0. The molecule has 0 saturated carbocycles.